The molecule has 1 heterocycles. The van der Waals surface area contributed by atoms with Gasteiger partial charge in [-0.15, -0.1) is 0 Å². The minimum atomic E-state index is 0.0748. The summed E-state index contributed by atoms with van der Waals surface area (Å²) in [6.45, 7) is 7.74. The van der Waals surface area contributed by atoms with Gasteiger partial charge in [0.25, 0.3) is 0 Å². The average Bonchev–Trinajstić information content (AvgIpc) is 2.91. The van der Waals surface area contributed by atoms with Crippen LogP contribution in [0.15, 0.2) is 0 Å². The molecule has 21 heavy (non-hydrogen) atoms. The fraction of sp³-hybridized carbons (Fsp3) is 0.875. The fourth-order valence-corrected chi connectivity index (χ4v) is 3.30. The van der Waals surface area contributed by atoms with E-state index in [1.54, 1.807) is 0 Å². The minimum Gasteiger partial charge on any atom is -0.354 e. The van der Waals surface area contributed by atoms with Crippen molar-refractivity contribution < 1.29 is 9.59 Å². The van der Waals surface area contributed by atoms with Gasteiger partial charge in [-0.05, 0) is 32.6 Å². The van der Waals surface area contributed by atoms with Crippen LogP contribution >= 0.6 is 0 Å². The molecule has 1 N–H and O–H groups in total. The number of nitrogens with zero attached hydrogens (tertiary/aromatic N) is 2. The van der Waals surface area contributed by atoms with Crippen molar-refractivity contribution >= 4 is 11.8 Å². The van der Waals surface area contributed by atoms with E-state index in [1.165, 1.54) is 25.7 Å². The topological polar surface area (TPSA) is 52.7 Å². The van der Waals surface area contributed by atoms with Crippen LogP contribution in [0.2, 0.25) is 0 Å². The Morgan fingerprint density at radius 3 is 2.62 bits per heavy atom. The third-order valence-corrected chi connectivity index (χ3v) is 4.46. The Morgan fingerprint density at radius 1 is 1.29 bits per heavy atom. The molecule has 0 unspecified atom stereocenters. The number of amides is 2. The van der Waals surface area contributed by atoms with Crippen LogP contribution in [0.25, 0.3) is 0 Å². The number of rotatable bonds is 6. The van der Waals surface area contributed by atoms with Crippen molar-refractivity contribution in [3.05, 3.63) is 0 Å². The lowest BCUT2D eigenvalue weighted by Crippen LogP contribution is -2.52. The van der Waals surface area contributed by atoms with Gasteiger partial charge in [-0.2, -0.15) is 0 Å². The Bertz CT molecular complexity index is 365. The lowest BCUT2D eigenvalue weighted by atomic mass is 10.1. The zero-order chi connectivity index (χ0) is 15.2. The fourth-order valence-electron chi connectivity index (χ4n) is 3.30. The molecule has 0 bridgehead atoms. The molecule has 1 aliphatic heterocycles. The molecular formula is C16H29N3O2. The second kappa shape index (κ2) is 7.78. The van der Waals surface area contributed by atoms with E-state index < -0.39 is 0 Å². The Kier molecular flexibility index (Phi) is 6.03. The molecule has 0 aromatic rings. The van der Waals surface area contributed by atoms with Gasteiger partial charge >= 0.3 is 0 Å². The van der Waals surface area contributed by atoms with Crippen molar-refractivity contribution in [2.45, 2.75) is 52.0 Å². The maximum atomic E-state index is 12.2. The highest BCUT2D eigenvalue weighted by molar-refractivity contribution is 5.79. The third-order valence-electron chi connectivity index (χ3n) is 4.46. The zero-order valence-electron chi connectivity index (χ0n) is 13.4. The monoisotopic (exact) mass is 295 g/mol. The van der Waals surface area contributed by atoms with E-state index in [0.717, 1.165) is 25.6 Å². The van der Waals surface area contributed by atoms with Gasteiger partial charge in [-0.25, -0.2) is 0 Å². The molecule has 1 aliphatic carbocycles. The Balaban J connectivity index is 1.68. The first-order chi connectivity index (χ1) is 10.0. The molecule has 1 saturated carbocycles. The van der Waals surface area contributed by atoms with Crippen molar-refractivity contribution in [2.75, 3.05) is 32.7 Å². The van der Waals surface area contributed by atoms with Gasteiger partial charge in [0.05, 0.1) is 6.54 Å². The standard InChI is InChI=1S/C16H29N3O2/c1-13(2)17-15(20)7-8-18-9-10-19(16(21)12-18)11-14-5-3-4-6-14/h13-14H,3-12H2,1-2H3,(H,17,20). The summed E-state index contributed by atoms with van der Waals surface area (Å²) in [5, 5.41) is 2.89. The summed E-state index contributed by atoms with van der Waals surface area (Å²) in [4.78, 5) is 28.0. The zero-order valence-corrected chi connectivity index (χ0v) is 13.4. The first-order valence-electron chi connectivity index (χ1n) is 8.34. The van der Waals surface area contributed by atoms with Crippen molar-refractivity contribution in [1.82, 2.24) is 15.1 Å². The van der Waals surface area contributed by atoms with E-state index in [4.69, 9.17) is 0 Å². The normalized spacial score (nSPS) is 21.3. The molecular weight excluding hydrogens is 266 g/mol. The lowest BCUT2D eigenvalue weighted by molar-refractivity contribution is -0.137. The van der Waals surface area contributed by atoms with Gasteiger partial charge in [0.2, 0.25) is 11.8 Å². The van der Waals surface area contributed by atoms with Crippen LogP contribution in [0.4, 0.5) is 0 Å². The molecule has 1 saturated heterocycles. The molecule has 120 valence electrons. The smallest absolute Gasteiger partial charge is 0.236 e. The molecule has 2 fully saturated rings. The van der Waals surface area contributed by atoms with Gasteiger partial charge in [0.15, 0.2) is 0 Å². The summed E-state index contributed by atoms with van der Waals surface area (Å²) in [6, 6.07) is 0.183. The summed E-state index contributed by atoms with van der Waals surface area (Å²) in [7, 11) is 0. The van der Waals surface area contributed by atoms with Crippen LogP contribution in [-0.2, 0) is 9.59 Å². The first kappa shape index (κ1) is 16.3. The van der Waals surface area contributed by atoms with E-state index in [2.05, 4.69) is 10.2 Å². The van der Waals surface area contributed by atoms with Gasteiger partial charge in [0, 0.05) is 38.6 Å². The molecule has 2 amide bonds. The number of carbonyl (C=O) groups is 2. The van der Waals surface area contributed by atoms with Gasteiger partial charge < -0.3 is 10.2 Å². The number of hydrogen-bond acceptors (Lipinski definition) is 3. The second-order valence-corrected chi connectivity index (χ2v) is 6.74. The highest BCUT2D eigenvalue weighted by atomic mass is 16.2. The van der Waals surface area contributed by atoms with Crippen molar-refractivity contribution in [2.24, 2.45) is 5.92 Å². The molecule has 2 aliphatic rings. The second-order valence-electron chi connectivity index (χ2n) is 6.74. The summed E-state index contributed by atoms with van der Waals surface area (Å²) in [5.74, 6) is 1.03. The Morgan fingerprint density at radius 2 is 2.00 bits per heavy atom. The molecule has 0 aromatic heterocycles. The summed E-state index contributed by atoms with van der Waals surface area (Å²) in [6.07, 6.45) is 5.69. The van der Waals surface area contributed by atoms with Crippen LogP contribution in [0.1, 0.15) is 46.0 Å². The summed E-state index contributed by atoms with van der Waals surface area (Å²) >= 11 is 0. The minimum absolute atomic E-state index is 0.0748. The molecule has 0 spiro atoms. The van der Waals surface area contributed by atoms with Crippen molar-refractivity contribution in [3.63, 3.8) is 0 Å². The SMILES string of the molecule is CC(C)NC(=O)CCN1CCN(CC2CCCC2)C(=O)C1. The Hall–Kier alpha value is -1.10. The number of piperazine rings is 1. The molecule has 0 aromatic carbocycles. The van der Waals surface area contributed by atoms with Crippen LogP contribution in [-0.4, -0.2) is 60.4 Å². The van der Waals surface area contributed by atoms with Gasteiger partial charge in [0.1, 0.15) is 0 Å². The predicted octanol–water partition coefficient (Wildman–Crippen LogP) is 1.24. The maximum absolute atomic E-state index is 12.2. The lowest BCUT2D eigenvalue weighted by Gasteiger charge is -2.35. The third kappa shape index (κ3) is 5.30. The number of carbonyl (C=O) groups excluding carboxylic acids is 2. The van der Waals surface area contributed by atoms with Crippen molar-refractivity contribution in [3.8, 4) is 0 Å². The Labute approximate surface area is 128 Å². The van der Waals surface area contributed by atoms with Crippen molar-refractivity contribution in [1.29, 1.82) is 0 Å². The highest BCUT2D eigenvalue weighted by Gasteiger charge is 2.27. The quantitative estimate of drug-likeness (QED) is 0.802. The summed E-state index contributed by atoms with van der Waals surface area (Å²) < 4.78 is 0. The van der Waals surface area contributed by atoms with Crippen LogP contribution < -0.4 is 5.32 Å². The predicted molar refractivity (Wildman–Crippen MR) is 82.9 cm³/mol. The van der Waals surface area contributed by atoms with Crippen LogP contribution in [0.3, 0.4) is 0 Å². The molecule has 0 radical (unpaired) electrons. The summed E-state index contributed by atoms with van der Waals surface area (Å²) in [5.41, 5.74) is 0. The molecule has 0 atom stereocenters. The van der Waals surface area contributed by atoms with E-state index in [0.29, 0.717) is 19.5 Å². The van der Waals surface area contributed by atoms with E-state index >= 15 is 0 Å². The van der Waals surface area contributed by atoms with E-state index in [1.807, 2.05) is 18.7 Å². The van der Waals surface area contributed by atoms with Crippen LogP contribution in [0, 0.1) is 5.92 Å². The van der Waals surface area contributed by atoms with Gasteiger partial charge in [-0.3, -0.25) is 14.5 Å². The molecule has 5 nitrogen and oxygen atoms in total. The first-order valence-corrected chi connectivity index (χ1v) is 8.34. The van der Waals surface area contributed by atoms with Gasteiger partial charge in [-0.1, -0.05) is 12.8 Å². The largest absolute Gasteiger partial charge is 0.354 e. The van der Waals surface area contributed by atoms with E-state index in [9.17, 15) is 9.59 Å². The van der Waals surface area contributed by atoms with E-state index in [-0.39, 0.29) is 17.9 Å². The number of nitrogens with one attached hydrogen (secondary N) is 1. The molecule has 5 heteroatoms. The number of hydrogen-bond donors (Lipinski definition) is 1. The molecule has 2 rings (SSSR count). The average molecular weight is 295 g/mol. The van der Waals surface area contributed by atoms with Crippen LogP contribution in [0.5, 0.6) is 0 Å². The highest BCUT2D eigenvalue weighted by Crippen LogP contribution is 2.25. The maximum Gasteiger partial charge on any atom is 0.236 e.